The van der Waals surface area contributed by atoms with Crippen molar-refractivity contribution in [3.8, 4) is 0 Å². The van der Waals surface area contributed by atoms with Gasteiger partial charge in [-0.25, -0.2) is 9.18 Å². The maximum Gasteiger partial charge on any atom is 0.325 e. The van der Waals surface area contributed by atoms with Crippen molar-refractivity contribution < 1.29 is 18.8 Å². The fourth-order valence-electron chi connectivity index (χ4n) is 3.41. The van der Waals surface area contributed by atoms with E-state index in [9.17, 15) is 18.8 Å². The maximum atomic E-state index is 13.4. The maximum absolute atomic E-state index is 13.4. The topological polar surface area (TPSA) is 120 Å². The van der Waals surface area contributed by atoms with Crippen LogP contribution in [0.25, 0.3) is 0 Å². The summed E-state index contributed by atoms with van der Waals surface area (Å²) in [5, 5.41) is 11.8. The number of hydrogen-bond donors (Lipinski definition) is 3. The van der Waals surface area contributed by atoms with Gasteiger partial charge in [0.25, 0.3) is 5.91 Å². The van der Waals surface area contributed by atoms with E-state index in [-0.39, 0.29) is 18.9 Å². The van der Waals surface area contributed by atoms with E-state index in [0.29, 0.717) is 17.8 Å². The summed E-state index contributed by atoms with van der Waals surface area (Å²) >= 11 is 0. The lowest BCUT2D eigenvalue weighted by molar-refractivity contribution is -0.130. The fourth-order valence-corrected chi connectivity index (χ4v) is 3.41. The zero-order chi connectivity index (χ0) is 22.5. The molecule has 9 nitrogen and oxygen atoms in total. The zero-order valence-corrected chi connectivity index (χ0v) is 17.0. The van der Waals surface area contributed by atoms with Gasteiger partial charge < -0.3 is 5.32 Å². The Kier molecular flexibility index (Phi) is 6.20. The number of H-pyrrole nitrogens is 1. The minimum Gasteiger partial charge on any atom is -0.325 e. The lowest BCUT2D eigenvalue weighted by atomic mass is 10.1. The molecule has 1 fully saturated rings. The van der Waals surface area contributed by atoms with Crippen LogP contribution in [0.3, 0.4) is 0 Å². The van der Waals surface area contributed by atoms with E-state index in [2.05, 4.69) is 25.8 Å². The second kappa shape index (κ2) is 9.38. The number of carbonyl (C=O) groups is 3. The highest BCUT2D eigenvalue weighted by molar-refractivity contribution is 6.06. The quantitative estimate of drug-likeness (QED) is 0.468. The number of carbonyl (C=O) groups excluding carboxylic acids is 3. The average molecular weight is 436 g/mol. The first-order chi connectivity index (χ1) is 15.5. The fraction of sp³-hybridized carbons (Fsp3) is 0.227. The molecule has 0 bridgehead atoms. The van der Waals surface area contributed by atoms with E-state index in [1.165, 1.54) is 18.2 Å². The van der Waals surface area contributed by atoms with Gasteiger partial charge in [0, 0.05) is 6.42 Å². The highest BCUT2D eigenvalue weighted by Gasteiger charge is 2.39. The molecule has 32 heavy (non-hydrogen) atoms. The van der Waals surface area contributed by atoms with Gasteiger partial charge in [-0.2, -0.15) is 4.98 Å². The molecule has 164 valence electrons. The number of benzene rings is 2. The Hall–Kier alpha value is -4.08. The van der Waals surface area contributed by atoms with E-state index in [4.69, 9.17) is 0 Å². The van der Waals surface area contributed by atoms with Gasteiger partial charge in [-0.15, -0.1) is 5.10 Å². The Morgan fingerprint density at radius 2 is 1.84 bits per heavy atom. The van der Waals surface area contributed by atoms with Crippen molar-refractivity contribution in [3.05, 3.63) is 77.4 Å². The SMILES string of the molecule is O=C(C[C@H]1NC(=O)N(Cc2cccc(F)c2)C1=O)Nc1n[nH]c(CCc2ccccc2)n1. The number of imide groups is 1. The summed E-state index contributed by atoms with van der Waals surface area (Å²) in [6.07, 6.45) is 1.13. The van der Waals surface area contributed by atoms with Crippen LogP contribution in [-0.2, 0) is 29.0 Å². The summed E-state index contributed by atoms with van der Waals surface area (Å²) in [5.41, 5.74) is 1.63. The number of nitrogens with zero attached hydrogens (tertiary/aromatic N) is 3. The van der Waals surface area contributed by atoms with Crippen LogP contribution in [0.1, 0.15) is 23.4 Å². The van der Waals surface area contributed by atoms with Gasteiger partial charge in [0.1, 0.15) is 17.7 Å². The molecule has 4 amide bonds. The molecule has 1 aliphatic rings. The first-order valence-corrected chi connectivity index (χ1v) is 10.1. The molecule has 3 aromatic rings. The molecule has 4 rings (SSSR count). The van der Waals surface area contributed by atoms with Crippen LogP contribution in [0.15, 0.2) is 54.6 Å². The van der Waals surface area contributed by atoms with E-state index in [1.807, 2.05) is 30.3 Å². The number of nitrogens with one attached hydrogen (secondary N) is 3. The monoisotopic (exact) mass is 436 g/mol. The Bertz CT molecular complexity index is 1130. The van der Waals surface area contributed by atoms with Crippen LogP contribution in [0.5, 0.6) is 0 Å². The van der Waals surface area contributed by atoms with Crippen molar-refractivity contribution in [1.82, 2.24) is 25.4 Å². The predicted octanol–water partition coefficient (Wildman–Crippen LogP) is 2.18. The van der Waals surface area contributed by atoms with Crippen molar-refractivity contribution in [3.63, 3.8) is 0 Å². The van der Waals surface area contributed by atoms with Gasteiger partial charge in [0.2, 0.25) is 11.9 Å². The molecule has 0 aliphatic carbocycles. The van der Waals surface area contributed by atoms with Gasteiger partial charge >= 0.3 is 6.03 Å². The second-order valence-electron chi connectivity index (χ2n) is 7.40. The van der Waals surface area contributed by atoms with Crippen molar-refractivity contribution in [2.75, 3.05) is 5.32 Å². The Balaban J connectivity index is 1.29. The summed E-state index contributed by atoms with van der Waals surface area (Å²) in [6.45, 7) is -0.0771. The predicted molar refractivity (Wildman–Crippen MR) is 113 cm³/mol. The molecule has 1 atom stereocenters. The first-order valence-electron chi connectivity index (χ1n) is 10.1. The van der Waals surface area contributed by atoms with Crippen molar-refractivity contribution in [2.24, 2.45) is 0 Å². The molecule has 10 heteroatoms. The molecule has 0 spiro atoms. The summed E-state index contributed by atoms with van der Waals surface area (Å²) in [7, 11) is 0. The molecule has 0 saturated carbocycles. The van der Waals surface area contributed by atoms with E-state index in [1.54, 1.807) is 6.07 Å². The molecule has 2 heterocycles. The van der Waals surface area contributed by atoms with Crippen molar-refractivity contribution in [1.29, 1.82) is 0 Å². The van der Waals surface area contributed by atoms with E-state index in [0.717, 1.165) is 16.9 Å². The number of aryl methyl sites for hydroxylation is 2. The smallest absolute Gasteiger partial charge is 0.325 e. The highest BCUT2D eigenvalue weighted by atomic mass is 19.1. The van der Waals surface area contributed by atoms with E-state index >= 15 is 0 Å². The highest BCUT2D eigenvalue weighted by Crippen LogP contribution is 2.15. The second-order valence-corrected chi connectivity index (χ2v) is 7.40. The number of anilines is 1. The zero-order valence-electron chi connectivity index (χ0n) is 17.0. The number of aromatic nitrogens is 3. The van der Waals surface area contributed by atoms with Crippen LogP contribution in [0, 0.1) is 5.82 Å². The third-order valence-electron chi connectivity index (χ3n) is 5.00. The van der Waals surface area contributed by atoms with Crippen LogP contribution in [-0.4, -0.2) is 44.0 Å². The molecule has 1 aliphatic heterocycles. The number of urea groups is 1. The van der Waals surface area contributed by atoms with Gasteiger partial charge in [0.15, 0.2) is 0 Å². The van der Waals surface area contributed by atoms with Gasteiger partial charge in [-0.1, -0.05) is 42.5 Å². The van der Waals surface area contributed by atoms with Gasteiger partial charge in [-0.05, 0) is 29.7 Å². The van der Waals surface area contributed by atoms with Gasteiger partial charge in [0.05, 0.1) is 13.0 Å². The van der Waals surface area contributed by atoms with Crippen LogP contribution >= 0.6 is 0 Å². The van der Waals surface area contributed by atoms with Gasteiger partial charge in [-0.3, -0.25) is 24.9 Å². The molecule has 3 N–H and O–H groups in total. The molecular formula is C22H21FN6O3. The molecule has 0 unspecified atom stereocenters. The number of halogens is 1. The van der Waals surface area contributed by atoms with E-state index < -0.39 is 29.7 Å². The normalized spacial score (nSPS) is 15.7. The Labute approximate surface area is 183 Å². The van der Waals surface area contributed by atoms with Crippen molar-refractivity contribution in [2.45, 2.75) is 31.8 Å². The Morgan fingerprint density at radius 1 is 1.06 bits per heavy atom. The third-order valence-corrected chi connectivity index (χ3v) is 5.00. The summed E-state index contributed by atoms with van der Waals surface area (Å²) < 4.78 is 13.4. The van der Waals surface area contributed by atoms with Crippen LogP contribution in [0.2, 0.25) is 0 Å². The lowest BCUT2D eigenvalue weighted by Crippen LogP contribution is -2.34. The summed E-state index contributed by atoms with van der Waals surface area (Å²) in [4.78, 5) is 42.2. The molecule has 2 aromatic carbocycles. The third kappa shape index (κ3) is 5.15. The number of rotatable bonds is 8. The van der Waals surface area contributed by atoms with Crippen molar-refractivity contribution >= 4 is 23.8 Å². The van der Waals surface area contributed by atoms with Crippen LogP contribution < -0.4 is 10.6 Å². The number of hydrogen-bond acceptors (Lipinski definition) is 5. The largest absolute Gasteiger partial charge is 0.325 e. The lowest BCUT2D eigenvalue weighted by Gasteiger charge is -2.13. The molecular weight excluding hydrogens is 415 g/mol. The minimum atomic E-state index is -1.01. The minimum absolute atomic E-state index is 0.0771. The summed E-state index contributed by atoms with van der Waals surface area (Å²) in [5.74, 6) is -0.792. The number of aromatic amines is 1. The Morgan fingerprint density at radius 3 is 2.62 bits per heavy atom. The standard InChI is InChI=1S/C22H21FN6O3/c23-16-8-4-7-15(11-16)13-29-20(31)17(24-22(29)32)12-19(30)26-21-25-18(27-28-21)10-9-14-5-2-1-3-6-14/h1-8,11,17H,9-10,12-13H2,(H,24,32)(H2,25,26,27,28,30)/t17-/m1/s1. The molecule has 1 aromatic heterocycles. The summed E-state index contributed by atoms with van der Waals surface area (Å²) in [6, 6.07) is 13.9. The first kappa shape index (κ1) is 21.2. The molecule has 1 saturated heterocycles. The average Bonchev–Trinajstić information content (AvgIpc) is 3.32. The molecule has 0 radical (unpaired) electrons. The van der Waals surface area contributed by atoms with Crippen LogP contribution in [0.4, 0.5) is 15.1 Å². The number of amides is 4.